The van der Waals surface area contributed by atoms with Gasteiger partial charge in [0.05, 0.1) is 5.54 Å². The van der Waals surface area contributed by atoms with Gasteiger partial charge >= 0.3 is 6.61 Å². The summed E-state index contributed by atoms with van der Waals surface area (Å²) in [4.78, 5) is 11.9. The first kappa shape index (κ1) is 18.6. The van der Waals surface area contributed by atoms with Crippen LogP contribution < -0.4 is 15.8 Å². The lowest BCUT2D eigenvalue weighted by Crippen LogP contribution is -2.48. The molecule has 4 nitrogen and oxygen atoms in total. The van der Waals surface area contributed by atoms with E-state index in [1.54, 1.807) is 6.92 Å². The topological polar surface area (TPSA) is 64.4 Å². The van der Waals surface area contributed by atoms with Crippen molar-refractivity contribution in [3.05, 3.63) is 24.3 Å². The number of carbonyl (C=O) groups is 1. The second kappa shape index (κ2) is 8.01. The van der Waals surface area contributed by atoms with Crippen LogP contribution in [0.3, 0.4) is 0 Å². The van der Waals surface area contributed by atoms with Gasteiger partial charge in [0, 0.05) is 5.69 Å². The van der Waals surface area contributed by atoms with Gasteiger partial charge in [-0.25, -0.2) is 0 Å². The first-order valence-corrected chi connectivity index (χ1v) is 6.00. The molecular weight excluding hydrogens is 290 g/mol. The summed E-state index contributed by atoms with van der Waals surface area (Å²) >= 11 is 0. The minimum Gasteiger partial charge on any atom is -0.435 e. The van der Waals surface area contributed by atoms with Gasteiger partial charge in [0.1, 0.15) is 5.75 Å². The summed E-state index contributed by atoms with van der Waals surface area (Å²) in [5.41, 5.74) is 5.41. The van der Waals surface area contributed by atoms with Crippen molar-refractivity contribution in [3.63, 3.8) is 0 Å². The largest absolute Gasteiger partial charge is 0.435 e. The average Bonchev–Trinajstić information content (AvgIpc) is 2.30. The molecule has 0 saturated heterocycles. The molecule has 0 bridgehead atoms. The lowest BCUT2D eigenvalue weighted by Gasteiger charge is -2.22. The van der Waals surface area contributed by atoms with Crippen LogP contribution in [-0.2, 0) is 4.79 Å². The molecule has 0 aliphatic rings. The Morgan fingerprint density at radius 1 is 1.40 bits per heavy atom. The van der Waals surface area contributed by atoms with Crippen molar-refractivity contribution in [3.8, 4) is 5.75 Å². The summed E-state index contributed by atoms with van der Waals surface area (Å²) in [6.45, 7) is 0.729. The molecule has 0 fully saturated rings. The first-order valence-electron chi connectivity index (χ1n) is 6.00. The molecule has 20 heavy (non-hydrogen) atoms. The Hall–Kier alpha value is -1.40. The highest BCUT2D eigenvalue weighted by atomic mass is 35.5. The third kappa shape index (κ3) is 5.71. The van der Waals surface area contributed by atoms with E-state index in [0.29, 0.717) is 12.1 Å². The molecule has 0 aromatic heterocycles. The maximum atomic E-state index is 12.0. The van der Waals surface area contributed by atoms with Crippen LogP contribution in [0.25, 0.3) is 0 Å². The van der Waals surface area contributed by atoms with Gasteiger partial charge in [0.25, 0.3) is 0 Å². The quantitative estimate of drug-likeness (QED) is 0.848. The minimum atomic E-state index is -2.86. The van der Waals surface area contributed by atoms with Crippen LogP contribution in [0.4, 0.5) is 14.5 Å². The summed E-state index contributed by atoms with van der Waals surface area (Å²) in [5.74, 6) is -0.269. The van der Waals surface area contributed by atoms with E-state index in [9.17, 15) is 13.6 Å². The molecule has 0 radical (unpaired) electrons. The fourth-order valence-electron chi connectivity index (χ4n) is 1.63. The lowest BCUT2D eigenvalue weighted by atomic mass is 9.96. The fraction of sp³-hybridized carbons (Fsp3) is 0.462. The smallest absolute Gasteiger partial charge is 0.387 e. The average molecular weight is 309 g/mol. The van der Waals surface area contributed by atoms with Crippen molar-refractivity contribution in [1.29, 1.82) is 0 Å². The molecule has 1 rings (SSSR count). The Kier molecular flexibility index (Phi) is 7.45. The molecule has 0 heterocycles. The second-order valence-electron chi connectivity index (χ2n) is 4.52. The van der Waals surface area contributed by atoms with Crippen LogP contribution in [-0.4, -0.2) is 18.1 Å². The predicted octanol–water partition coefficient (Wildman–Crippen LogP) is 3.17. The van der Waals surface area contributed by atoms with Crippen molar-refractivity contribution < 1.29 is 18.3 Å². The minimum absolute atomic E-state index is 0. The summed E-state index contributed by atoms with van der Waals surface area (Å²) < 4.78 is 28.1. The third-order valence-corrected chi connectivity index (χ3v) is 2.63. The van der Waals surface area contributed by atoms with E-state index in [0.717, 1.165) is 6.42 Å². The summed E-state index contributed by atoms with van der Waals surface area (Å²) in [6, 6.07) is 5.68. The van der Waals surface area contributed by atoms with E-state index >= 15 is 0 Å². The first-order chi connectivity index (χ1) is 8.85. The molecule has 1 aromatic rings. The van der Waals surface area contributed by atoms with Gasteiger partial charge in [0.2, 0.25) is 5.91 Å². The summed E-state index contributed by atoms with van der Waals surface area (Å²) in [6.07, 6.45) is 1.35. The predicted molar refractivity (Wildman–Crippen MR) is 76.5 cm³/mol. The molecule has 1 atom stereocenters. The van der Waals surface area contributed by atoms with Crippen molar-refractivity contribution >= 4 is 24.0 Å². The maximum Gasteiger partial charge on any atom is 0.387 e. The van der Waals surface area contributed by atoms with Gasteiger partial charge < -0.3 is 15.8 Å². The standard InChI is InChI=1S/C13H18F2N2O2.ClH/c1-3-8-13(2,16)11(18)17-9-4-6-10(7-5-9)19-12(14)15;/h4-7,12H,3,8,16H2,1-2H3,(H,17,18);1H. The van der Waals surface area contributed by atoms with Gasteiger partial charge in [-0.2, -0.15) is 8.78 Å². The number of nitrogens with one attached hydrogen (secondary N) is 1. The molecule has 3 N–H and O–H groups in total. The zero-order valence-electron chi connectivity index (χ0n) is 11.4. The number of hydrogen-bond donors (Lipinski definition) is 2. The van der Waals surface area contributed by atoms with Gasteiger partial charge in [0.15, 0.2) is 0 Å². The van der Waals surface area contributed by atoms with Crippen LogP contribution in [0.2, 0.25) is 0 Å². The number of anilines is 1. The highest BCUT2D eigenvalue weighted by molar-refractivity contribution is 5.97. The molecule has 1 unspecified atom stereocenters. The molecule has 0 aliphatic heterocycles. The summed E-state index contributed by atoms with van der Waals surface area (Å²) in [7, 11) is 0. The fourth-order valence-corrected chi connectivity index (χ4v) is 1.63. The second-order valence-corrected chi connectivity index (χ2v) is 4.52. The van der Waals surface area contributed by atoms with E-state index in [4.69, 9.17) is 5.73 Å². The van der Waals surface area contributed by atoms with E-state index in [-0.39, 0.29) is 24.1 Å². The molecule has 0 saturated carbocycles. The number of nitrogens with two attached hydrogens (primary N) is 1. The number of alkyl halides is 2. The number of carbonyl (C=O) groups excluding carboxylic acids is 1. The monoisotopic (exact) mass is 308 g/mol. The molecule has 114 valence electrons. The number of benzene rings is 1. The Balaban J connectivity index is 0.00000361. The Bertz CT molecular complexity index is 425. The van der Waals surface area contributed by atoms with Crippen molar-refractivity contribution in [2.45, 2.75) is 38.8 Å². The van der Waals surface area contributed by atoms with Gasteiger partial charge in [-0.3, -0.25) is 4.79 Å². The third-order valence-electron chi connectivity index (χ3n) is 2.63. The molecule has 7 heteroatoms. The SMILES string of the molecule is CCCC(C)(N)C(=O)Nc1ccc(OC(F)F)cc1.Cl. The Labute approximate surface area is 123 Å². The number of amides is 1. The van der Waals surface area contributed by atoms with Crippen LogP contribution in [0, 0.1) is 0 Å². The highest BCUT2D eigenvalue weighted by Gasteiger charge is 2.27. The highest BCUT2D eigenvalue weighted by Crippen LogP contribution is 2.19. The van der Waals surface area contributed by atoms with Crippen LogP contribution in [0.1, 0.15) is 26.7 Å². The van der Waals surface area contributed by atoms with Crippen molar-refractivity contribution in [2.24, 2.45) is 5.73 Å². The van der Waals surface area contributed by atoms with E-state index in [1.165, 1.54) is 24.3 Å². The van der Waals surface area contributed by atoms with Crippen molar-refractivity contribution in [2.75, 3.05) is 5.32 Å². The van der Waals surface area contributed by atoms with Gasteiger partial charge in [-0.15, -0.1) is 12.4 Å². The zero-order chi connectivity index (χ0) is 14.5. The molecule has 1 aromatic carbocycles. The zero-order valence-corrected chi connectivity index (χ0v) is 12.2. The van der Waals surface area contributed by atoms with Gasteiger partial charge in [-0.05, 0) is 37.6 Å². The molecule has 0 aliphatic carbocycles. The van der Waals surface area contributed by atoms with Crippen LogP contribution in [0.15, 0.2) is 24.3 Å². The van der Waals surface area contributed by atoms with Gasteiger partial charge in [-0.1, -0.05) is 13.3 Å². The van der Waals surface area contributed by atoms with E-state index in [1.807, 2.05) is 6.92 Å². The number of halogens is 3. The number of hydrogen-bond acceptors (Lipinski definition) is 3. The Morgan fingerprint density at radius 3 is 2.40 bits per heavy atom. The van der Waals surface area contributed by atoms with Crippen molar-refractivity contribution in [1.82, 2.24) is 0 Å². The Morgan fingerprint density at radius 2 is 1.95 bits per heavy atom. The van der Waals surface area contributed by atoms with E-state index in [2.05, 4.69) is 10.1 Å². The lowest BCUT2D eigenvalue weighted by molar-refractivity contribution is -0.120. The van der Waals surface area contributed by atoms with Crippen LogP contribution >= 0.6 is 12.4 Å². The molecular formula is C13H19ClF2N2O2. The molecule has 0 spiro atoms. The number of ether oxygens (including phenoxy) is 1. The van der Waals surface area contributed by atoms with Crippen LogP contribution in [0.5, 0.6) is 5.75 Å². The normalized spacial score (nSPS) is 13.3. The van der Waals surface area contributed by atoms with E-state index < -0.39 is 12.2 Å². The number of rotatable bonds is 6. The molecule has 1 amide bonds. The summed E-state index contributed by atoms with van der Waals surface area (Å²) in [5, 5.41) is 2.64. The maximum absolute atomic E-state index is 12.0.